The first-order valence-electron chi connectivity index (χ1n) is 10.7. The molecule has 0 fully saturated rings. The molecule has 0 saturated carbocycles. The van der Waals surface area contributed by atoms with Gasteiger partial charge in [-0.25, -0.2) is 13.4 Å². The summed E-state index contributed by atoms with van der Waals surface area (Å²) in [4.78, 5) is 24.0. The third kappa shape index (κ3) is 5.46. The van der Waals surface area contributed by atoms with E-state index < -0.39 is 9.84 Å². The van der Waals surface area contributed by atoms with Gasteiger partial charge in [0.1, 0.15) is 0 Å². The fourth-order valence-electron chi connectivity index (χ4n) is 3.71. The summed E-state index contributed by atoms with van der Waals surface area (Å²) in [5.41, 5.74) is 4.04. The monoisotopic (exact) mass is 479 g/mol. The van der Waals surface area contributed by atoms with Gasteiger partial charge in [-0.05, 0) is 67.3 Å². The van der Waals surface area contributed by atoms with Crippen molar-refractivity contribution in [2.75, 3.05) is 10.7 Å². The number of carbonyl (C=O) groups is 1. The molecule has 0 unspecified atom stereocenters. The van der Waals surface area contributed by atoms with E-state index in [4.69, 9.17) is 4.98 Å². The highest BCUT2D eigenvalue weighted by Crippen LogP contribution is 2.33. The second-order valence-corrected chi connectivity index (χ2v) is 11.1. The maximum Gasteiger partial charge on any atom is 0.229 e. The van der Waals surface area contributed by atoms with E-state index in [1.165, 1.54) is 11.3 Å². The number of aryl methyl sites for hydroxylation is 2. The zero-order valence-electron chi connectivity index (χ0n) is 18.6. The van der Waals surface area contributed by atoms with Crippen LogP contribution in [0, 0.1) is 13.8 Å². The van der Waals surface area contributed by atoms with E-state index in [1.807, 2.05) is 32.0 Å². The van der Waals surface area contributed by atoms with E-state index in [1.54, 1.807) is 47.6 Å². The third-order valence-electron chi connectivity index (χ3n) is 5.34. The van der Waals surface area contributed by atoms with Crippen LogP contribution in [0.1, 0.15) is 29.5 Å². The predicted molar refractivity (Wildman–Crippen MR) is 132 cm³/mol. The highest BCUT2D eigenvalue weighted by atomic mass is 32.2. The lowest BCUT2D eigenvalue weighted by atomic mass is 10.1. The van der Waals surface area contributed by atoms with Crippen molar-refractivity contribution in [1.82, 2.24) is 9.97 Å². The molecule has 4 rings (SSSR count). The standard InChI is InChI=1S/C25H25N3O3S2/c1-18-15-19(2)24-22(16-18)27-25(32-24)28(17-20-10-12-26-13-11-20)23(29)9-6-14-33(30,31)21-7-4-3-5-8-21/h3-5,7-8,10-13,15-16H,6,9,14,17H2,1-2H3. The summed E-state index contributed by atoms with van der Waals surface area (Å²) >= 11 is 1.48. The summed E-state index contributed by atoms with van der Waals surface area (Å²) in [6, 6.07) is 16.2. The Kier molecular flexibility index (Phi) is 6.85. The summed E-state index contributed by atoms with van der Waals surface area (Å²) < 4.78 is 26.2. The number of amides is 1. The van der Waals surface area contributed by atoms with Gasteiger partial charge in [-0.1, -0.05) is 35.6 Å². The molecule has 4 aromatic rings. The molecule has 0 saturated heterocycles. The van der Waals surface area contributed by atoms with Crippen LogP contribution >= 0.6 is 11.3 Å². The van der Waals surface area contributed by atoms with Crippen molar-refractivity contribution in [3.05, 3.63) is 83.7 Å². The highest BCUT2D eigenvalue weighted by Gasteiger charge is 2.22. The van der Waals surface area contributed by atoms with E-state index in [2.05, 4.69) is 11.1 Å². The Morgan fingerprint density at radius 1 is 1.03 bits per heavy atom. The molecule has 33 heavy (non-hydrogen) atoms. The quantitative estimate of drug-likeness (QED) is 0.351. The van der Waals surface area contributed by atoms with E-state index in [-0.39, 0.29) is 29.4 Å². The molecule has 8 heteroatoms. The van der Waals surface area contributed by atoms with E-state index in [0.717, 1.165) is 26.9 Å². The molecule has 0 radical (unpaired) electrons. The maximum atomic E-state index is 13.3. The van der Waals surface area contributed by atoms with Crippen LogP contribution in [-0.4, -0.2) is 30.0 Å². The number of pyridine rings is 1. The van der Waals surface area contributed by atoms with Gasteiger partial charge in [0.2, 0.25) is 5.91 Å². The summed E-state index contributed by atoms with van der Waals surface area (Å²) in [6.45, 7) is 4.42. The third-order valence-corrected chi connectivity index (χ3v) is 8.38. The Labute approximate surface area is 197 Å². The van der Waals surface area contributed by atoms with Gasteiger partial charge < -0.3 is 0 Å². The van der Waals surface area contributed by atoms with Crippen LogP contribution in [0.25, 0.3) is 10.2 Å². The molecular weight excluding hydrogens is 454 g/mol. The number of benzene rings is 2. The van der Waals surface area contributed by atoms with E-state index >= 15 is 0 Å². The molecule has 0 aliphatic rings. The number of carbonyl (C=O) groups excluding carboxylic acids is 1. The Morgan fingerprint density at radius 2 is 1.76 bits per heavy atom. The summed E-state index contributed by atoms with van der Waals surface area (Å²) in [5, 5.41) is 0.617. The van der Waals surface area contributed by atoms with Gasteiger partial charge >= 0.3 is 0 Å². The minimum atomic E-state index is -3.43. The average molecular weight is 480 g/mol. The SMILES string of the molecule is Cc1cc(C)c2sc(N(Cc3ccncc3)C(=O)CCCS(=O)(=O)c3ccccc3)nc2c1. The number of sulfone groups is 1. The van der Waals surface area contributed by atoms with Crippen molar-refractivity contribution in [3.8, 4) is 0 Å². The lowest BCUT2D eigenvalue weighted by molar-refractivity contribution is -0.118. The molecule has 2 aromatic heterocycles. The van der Waals surface area contributed by atoms with Crippen molar-refractivity contribution >= 4 is 42.4 Å². The topological polar surface area (TPSA) is 80.2 Å². The molecule has 6 nitrogen and oxygen atoms in total. The van der Waals surface area contributed by atoms with Crippen LogP contribution in [0.4, 0.5) is 5.13 Å². The zero-order chi connectivity index (χ0) is 23.4. The molecule has 0 atom stereocenters. The average Bonchev–Trinajstić information content (AvgIpc) is 3.22. The number of hydrogen-bond donors (Lipinski definition) is 0. The normalized spacial score (nSPS) is 11.6. The molecule has 0 spiro atoms. The number of rotatable bonds is 8. The van der Waals surface area contributed by atoms with E-state index in [9.17, 15) is 13.2 Å². The molecule has 0 bridgehead atoms. The lowest BCUT2D eigenvalue weighted by Gasteiger charge is -2.20. The van der Waals surface area contributed by atoms with Crippen LogP contribution in [0.15, 0.2) is 71.9 Å². The molecule has 170 valence electrons. The fraction of sp³-hybridized carbons (Fsp3) is 0.240. The van der Waals surface area contributed by atoms with Crippen molar-refractivity contribution in [2.45, 2.75) is 38.1 Å². The second kappa shape index (κ2) is 9.80. The van der Waals surface area contributed by atoms with Gasteiger partial charge in [0.05, 0.1) is 27.4 Å². The number of nitrogens with zero attached hydrogens (tertiary/aromatic N) is 3. The lowest BCUT2D eigenvalue weighted by Crippen LogP contribution is -2.30. The smallest absolute Gasteiger partial charge is 0.229 e. The fourth-order valence-corrected chi connectivity index (χ4v) is 6.07. The minimum Gasteiger partial charge on any atom is -0.284 e. The van der Waals surface area contributed by atoms with Crippen LogP contribution in [0.3, 0.4) is 0 Å². The van der Waals surface area contributed by atoms with Gasteiger partial charge in [0, 0.05) is 18.8 Å². The first-order valence-corrected chi connectivity index (χ1v) is 13.2. The molecule has 1 amide bonds. The zero-order valence-corrected chi connectivity index (χ0v) is 20.2. The Morgan fingerprint density at radius 3 is 2.48 bits per heavy atom. The van der Waals surface area contributed by atoms with Crippen LogP contribution in [0.2, 0.25) is 0 Å². The molecular formula is C25H25N3O3S2. The molecule has 0 aliphatic carbocycles. The van der Waals surface area contributed by atoms with Gasteiger partial charge in [-0.15, -0.1) is 0 Å². The number of hydrogen-bond acceptors (Lipinski definition) is 6. The molecule has 2 aromatic carbocycles. The van der Waals surface area contributed by atoms with Crippen LogP contribution in [-0.2, 0) is 21.2 Å². The first-order chi connectivity index (χ1) is 15.8. The Balaban J connectivity index is 1.56. The van der Waals surface area contributed by atoms with Crippen LogP contribution < -0.4 is 4.90 Å². The summed E-state index contributed by atoms with van der Waals surface area (Å²) in [7, 11) is -3.43. The molecule has 0 aliphatic heterocycles. The Bertz CT molecular complexity index is 1370. The van der Waals surface area contributed by atoms with Crippen molar-refractivity contribution in [3.63, 3.8) is 0 Å². The van der Waals surface area contributed by atoms with Crippen molar-refractivity contribution < 1.29 is 13.2 Å². The van der Waals surface area contributed by atoms with Crippen LogP contribution in [0.5, 0.6) is 0 Å². The first kappa shape index (κ1) is 23.1. The number of thiazole rings is 1. The number of anilines is 1. The van der Waals surface area contributed by atoms with Crippen molar-refractivity contribution in [1.29, 1.82) is 0 Å². The van der Waals surface area contributed by atoms with Crippen molar-refractivity contribution in [2.24, 2.45) is 0 Å². The predicted octanol–water partition coefficient (Wildman–Crippen LogP) is 5.10. The maximum absolute atomic E-state index is 13.3. The van der Waals surface area contributed by atoms with Gasteiger partial charge in [0.15, 0.2) is 15.0 Å². The van der Waals surface area contributed by atoms with Gasteiger partial charge in [-0.3, -0.25) is 14.7 Å². The number of fused-ring (bicyclic) bond motifs is 1. The summed E-state index contributed by atoms with van der Waals surface area (Å²) in [5.74, 6) is -0.229. The second-order valence-electron chi connectivity index (χ2n) is 8.00. The molecule has 2 heterocycles. The number of aromatic nitrogens is 2. The highest BCUT2D eigenvalue weighted by molar-refractivity contribution is 7.91. The minimum absolute atomic E-state index is 0.0794. The summed E-state index contributed by atoms with van der Waals surface area (Å²) in [6.07, 6.45) is 3.74. The van der Waals surface area contributed by atoms with Gasteiger partial charge in [-0.2, -0.15) is 0 Å². The molecule has 0 N–H and O–H groups in total. The van der Waals surface area contributed by atoms with E-state index in [0.29, 0.717) is 11.7 Å². The largest absolute Gasteiger partial charge is 0.284 e. The van der Waals surface area contributed by atoms with Gasteiger partial charge in [0.25, 0.3) is 0 Å². The Hall–Kier alpha value is -3.10.